The minimum absolute atomic E-state index is 0.00599. The van der Waals surface area contributed by atoms with Crippen molar-refractivity contribution in [1.29, 1.82) is 0 Å². The van der Waals surface area contributed by atoms with Crippen LogP contribution in [0.5, 0.6) is 0 Å². The fourth-order valence-corrected chi connectivity index (χ4v) is 2.95. The molecule has 0 fully saturated rings. The van der Waals surface area contributed by atoms with Crippen LogP contribution in [0.1, 0.15) is 29.3 Å². The average Bonchev–Trinajstić information content (AvgIpc) is 3.12. The third-order valence-corrected chi connectivity index (χ3v) is 4.39. The first-order valence-corrected chi connectivity index (χ1v) is 9.15. The molecule has 0 aliphatic rings. The van der Waals surface area contributed by atoms with E-state index in [-0.39, 0.29) is 31.1 Å². The molecule has 6 nitrogen and oxygen atoms in total. The number of hydrogen-bond donors (Lipinski definition) is 2. The molecule has 0 saturated carbocycles. The number of hydrogen-bond acceptors (Lipinski definition) is 4. The number of H-pyrrole nitrogens is 1. The van der Waals surface area contributed by atoms with E-state index in [2.05, 4.69) is 10.3 Å². The molecule has 0 saturated heterocycles. The number of aromatic amines is 1. The topological polar surface area (TPSA) is 88.3 Å². The van der Waals surface area contributed by atoms with E-state index in [9.17, 15) is 14.4 Å². The molecule has 0 aliphatic heterocycles. The van der Waals surface area contributed by atoms with E-state index in [1.54, 1.807) is 13.1 Å². The van der Waals surface area contributed by atoms with Crippen molar-refractivity contribution in [3.05, 3.63) is 71.9 Å². The molecule has 1 heterocycles. The Hall–Kier alpha value is -3.41. The highest BCUT2D eigenvalue weighted by Gasteiger charge is 2.22. The molecule has 2 aromatic carbocycles. The van der Waals surface area contributed by atoms with Gasteiger partial charge in [-0.05, 0) is 18.6 Å². The molecule has 2 N–H and O–H groups in total. The molecule has 1 amide bonds. The van der Waals surface area contributed by atoms with Gasteiger partial charge in [0.15, 0.2) is 6.10 Å². The van der Waals surface area contributed by atoms with Gasteiger partial charge in [-0.2, -0.15) is 0 Å². The lowest BCUT2D eigenvalue weighted by atomic mass is 10.1. The summed E-state index contributed by atoms with van der Waals surface area (Å²) >= 11 is 0. The van der Waals surface area contributed by atoms with Gasteiger partial charge in [-0.25, -0.2) is 0 Å². The summed E-state index contributed by atoms with van der Waals surface area (Å²) in [7, 11) is 0. The van der Waals surface area contributed by atoms with Crippen LogP contribution in [0.15, 0.2) is 60.8 Å². The van der Waals surface area contributed by atoms with Crippen LogP contribution in [0.25, 0.3) is 10.9 Å². The van der Waals surface area contributed by atoms with E-state index in [4.69, 9.17) is 4.74 Å². The highest BCUT2D eigenvalue weighted by atomic mass is 16.5. The first-order chi connectivity index (χ1) is 13.5. The Bertz CT molecular complexity index is 978. The SMILES string of the molecule is CC(OC(=O)CCNC(=O)Cc1ccccc1)C(=O)c1c[nH]c2ccccc12. The van der Waals surface area contributed by atoms with Gasteiger partial charge in [-0.3, -0.25) is 14.4 Å². The second kappa shape index (κ2) is 8.99. The Kier molecular flexibility index (Phi) is 6.22. The summed E-state index contributed by atoms with van der Waals surface area (Å²) in [5.41, 5.74) is 2.25. The third-order valence-electron chi connectivity index (χ3n) is 4.39. The van der Waals surface area contributed by atoms with Crippen LogP contribution in [-0.4, -0.2) is 35.3 Å². The second-order valence-corrected chi connectivity index (χ2v) is 6.51. The van der Waals surface area contributed by atoms with Crippen LogP contribution in [0.2, 0.25) is 0 Å². The molecular formula is C22H22N2O4. The number of Topliss-reactive ketones (excluding diaryl/α,β-unsaturated/α-hetero) is 1. The number of fused-ring (bicyclic) bond motifs is 1. The zero-order chi connectivity index (χ0) is 19.9. The fourth-order valence-electron chi connectivity index (χ4n) is 2.95. The Morgan fingerprint density at radius 1 is 1.04 bits per heavy atom. The number of para-hydroxylation sites is 1. The maximum absolute atomic E-state index is 12.6. The van der Waals surface area contributed by atoms with Gasteiger partial charge >= 0.3 is 5.97 Å². The zero-order valence-electron chi connectivity index (χ0n) is 15.6. The quantitative estimate of drug-likeness (QED) is 0.466. The van der Waals surface area contributed by atoms with Crippen LogP contribution in [0.4, 0.5) is 0 Å². The van der Waals surface area contributed by atoms with Crippen LogP contribution in [-0.2, 0) is 20.7 Å². The van der Waals surface area contributed by atoms with Crippen molar-refractivity contribution < 1.29 is 19.1 Å². The van der Waals surface area contributed by atoms with Crippen molar-refractivity contribution in [3.63, 3.8) is 0 Å². The van der Waals surface area contributed by atoms with Crippen molar-refractivity contribution in [2.75, 3.05) is 6.54 Å². The number of aromatic nitrogens is 1. The smallest absolute Gasteiger partial charge is 0.308 e. The first kappa shape index (κ1) is 19.4. The number of rotatable bonds is 8. The van der Waals surface area contributed by atoms with Crippen LogP contribution in [0.3, 0.4) is 0 Å². The van der Waals surface area contributed by atoms with Crippen LogP contribution >= 0.6 is 0 Å². The summed E-state index contributed by atoms with van der Waals surface area (Å²) in [5, 5.41) is 3.48. The molecule has 144 valence electrons. The van der Waals surface area contributed by atoms with Crippen LogP contribution in [0, 0.1) is 0 Å². The molecule has 0 radical (unpaired) electrons. The number of benzene rings is 2. The minimum atomic E-state index is -0.897. The van der Waals surface area contributed by atoms with E-state index in [0.717, 1.165) is 16.5 Å². The lowest BCUT2D eigenvalue weighted by Gasteiger charge is -2.12. The molecule has 3 rings (SSSR count). The minimum Gasteiger partial charge on any atom is -0.454 e. The lowest BCUT2D eigenvalue weighted by Crippen LogP contribution is -2.30. The van der Waals surface area contributed by atoms with Crippen LogP contribution < -0.4 is 5.32 Å². The summed E-state index contributed by atoms with van der Waals surface area (Å²) in [5.74, 6) is -0.957. The zero-order valence-corrected chi connectivity index (χ0v) is 15.6. The summed E-state index contributed by atoms with van der Waals surface area (Å²) in [6.07, 6.45) is 0.991. The summed E-state index contributed by atoms with van der Waals surface area (Å²) in [4.78, 5) is 39.5. The molecular weight excluding hydrogens is 356 g/mol. The number of nitrogens with one attached hydrogen (secondary N) is 2. The van der Waals surface area contributed by atoms with Gasteiger partial charge in [0.1, 0.15) is 0 Å². The molecule has 0 bridgehead atoms. The molecule has 0 aliphatic carbocycles. The van der Waals surface area contributed by atoms with Gasteiger partial charge in [0.25, 0.3) is 0 Å². The van der Waals surface area contributed by atoms with Crippen molar-refractivity contribution in [2.24, 2.45) is 0 Å². The normalized spacial score (nSPS) is 11.8. The van der Waals surface area contributed by atoms with Gasteiger partial charge in [0.05, 0.1) is 12.8 Å². The lowest BCUT2D eigenvalue weighted by molar-refractivity contribution is -0.146. The molecule has 1 unspecified atom stereocenters. The van der Waals surface area contributed by atoms with E-state index >= 15 is 0 Å². The molecule has 0 spiro atoms. The second-order valence-electron chi connectivity index (χ2n) is 6.51. The summed E-state index contributed by atoms with van der Waals surface area (Å²) in [6.45, 7) is 1.72. The number of ether oxygens (including phenoxy) is 1. The van der Waals surface area contributed by atoms with Crippen molar-refractivity contribution >= 4 is 28.6 Å². The molecule has 1 atom stereocenters. The van der Waals surface area contributed by atoms with Gasteiger partial charge in [-0.1, -0.05) is 48.5 Å². The first-order valence-electron chi connectivity index (χ1n) is 9.15. The number of carbonyl (C=O) groups is 3. The van der Waals surface area contributed by atoms with Crippen molar-refractivity contribution in [2.45, 2.75) is 25.9 Å². The van der Waals surface area contributed by atoms with Crippen molar-refractivity contribution in [3.8, 4) is 0 Å². The Balaban J connectivity index is 1.45. The third kappa shape index (κ3) is 4.85. The van der Waals surface area contributed by atoms with E-state index in [1.165, 1.54) is 0 Å². The summed E-state index contributed by atoms with van der Waals surface area (Å²) in [6, 6.07) is 16.8. The fraction of sp³-hybridized carbons (Fsp3) is 0.227. The molecule has 28 heavy (non-hydrogen) atoms. The number of esters is 1. The Morgan fingerprint density at radius 2 is 1.75 bits per heavy atom. The van der Waals surface area contributed by atoms with E-state index in [0.29, 0.717) is 5.56 Å². The number of carbonyl (C=O) groups excluding carboxylic acids is 3. The maximum atomic E-state index is 12.6. The maximum Gasteiger partial charge on any atom is 0.308 e. The summed E-state index contributed by atoms with van der Waals surface area (Å²) < 4.78 is 5.23. The molecule has 6 heteroatoms. The van der Waals surface area contributed by atoms with E-state index in [1.807, 2.05) is 54.6 Å². The van der Waals surface area contributed by atoms with Gasteiger partial charge < -0.3 is 15.0 Å². The predicted octanol–water partition coefficient (Wildman–Crippen LogP) is 3.03. The number of ketones is 1. The highest BCUT2D eigenvalue weighted by molar-refractivity contribution is 6.10. The monoisotopic (exact) mass is 378 g/mol. The largest absolute Gasteiger partial charge is 0.454 e. The standard InChI is InChI=1S/C22H22N2O4/c1-15(22(27)18-14-24-19-10-6-5-9-17(18)19)28-21(26)11-12-23-20(25)13-16-7-3-2-4-8-16/h2-10,14-15,24H,11-13H2,1H3,(H,23,25). The molecule has 3 aromatic rings. The average molecular weight is 378 g/mol. The van der Waals surface area contributed by atoms with Crippen molar-refractivity contribution in [1.82, 2.24) is 10.3 Å². The van der Waals surface area contributed by atoms with Gasteiger partial charge in [0.2, 0.25) is 11.7 Å². The molecule has 1 aromatic heterocycles. The highest BCUT2D eigenvalue weighted by Crippen LogP contribution is 2.20. The van der Waals surface area contributed by atoms with E-state index < -0.39 is 12.1 Å². The Morgan fingerprint density at radius 3 is 2.54 bits per heavy atom. The van der Waals surface area contributed by atoms with Gasteiger partial charge in [-0.15, -0.1) is 0 Å². The van der Waals surface area contributed by atoms with Gasteiger partial charge in [0, 0.05) is 29.2 Å². The predicted molar refractivity (Wildman–Crippen MR) is 106 cm³/mol. The Labute approximate surface area is 162 Å². The number of amides is 1.